The van der Waals surface area contributed by atoms with Crippen LogP contribution in [0.25, 0.3) is 10.9 Å². The molecule has 0 unspecified atom stereocenters. The van der Waals surface area contributed by atoms with Crippen LogP contribution >= 0.6 is 0 Å². The third kappa shape index (κ3) is 4.06. The SMILES string of the molecule is O=C(Cc1ccc2ccccc2[n+]1CC(=O)c1ccccc1)c1ccc(O)cc1. The first-order valence-electron chi connectivity index (χ1n) is 9.43. The molecule has 0 aliphatic rings. The number of aromatic hydroxyl groups is 1. The van der Waals surface area contributed by atoms with Crippen LogP contribution < -0.4 is 4.57 Å². The van der Waals surface area contributed by atoms with Gasteiger partial charge in [-0.2, -0.15) is 4.57 Å². The molecule has 0 fully saturated rings. The van der Waals surface area contributed by atoms with Gasteiger partial charge < -0.3 is 5.11 Å². The Morgan fingerprint density at radius 3 is 2.10 bits per heavy atom. The van der Waals surface area contributed by atoms with Gasteiger partial charge in [-0.3, -0.25) is 9.59 Å². The summed E-state index contributed by atoms with van der Waals surface area (Å²) in [5.41, 5.74) is 2.85. The van der Waals surface area contributed by atoms with Gasteiger partial charge in [0.2, 0.25) is 17.8 Å². The van der Waals surface area contributed by atoms with Gasteiger partial charge in [-0.25, -0.2) is 0 Å². The number of hydrogen-bond acceptors (Lipinski definition) is 3. The highest BCUT2D eigenvalue weighted by atomic mass is 16.3. The molecule has 0 bridgehead atoms. The highest BCUT2D eigenvalue weighted by Gasteiger charge is 2.22. The number of rotatable bonds is 6. The first-order valence-corrected chi connectivity index (χ1v) is 9.43. The highest BCUT2D eigenvalue weighted by molar-refractivity contribution is 5.97. The molecular formula is C25H20NO3+. The van der Waals surface area contributed by atoms with Crippen LogP contribution in [0.4, 0.5) is 0 Å². The fourth-order valence-corrected chi connectivity index (χ4v) is 3.42. The van der Waals surface area contributed by atoms with E-state index in [9.17, 15) is 14.7 Å². The Labute approximate surface area is 168 Å². The molecule has 0 saturated carbocycles. The predicted octanol–water partition coefficient (Wildman–Crippen LogP) is 4.14. The van der Waals surface area contributed by atoms with Crippen LogP contribution in [0.5, 0.6) is 5.75 Å². The lowest BCUT2D eigenvalue weighted by molar-refractivity contribution is -0.664. The minimum atomic E-state index is -0.0683. The predicted molar refractivity (Wildman–Crippen MR) is 111 cm³/mol. The second-order valence-electron chi connectivity index (χ2n) is 6.91. The van der Waals surface area contributed by atoms with Gasteiger partial charge in [0.1, 0.15) is 5.75 Å². The monoisotopic (exact) mass is 382 g/mol. The van der Waals surface area contributed by atoms with Gasteiger partial charge in [-0.1, -0.05) is 42.5 Å². The van der Waals surface area contributed by atoms with Crippen molar-refractivity contribution >= 4 is 22.5 Å². The molecule has 4 nitrogen and oxygen atoms in total. The van der Waals surface area contributed by atoms with Crippen molar-refractivity contribution in [2.24, 2.45) is 0 Å². The average molecular weight is 382 g/mol. The zero-order valence-corrected chi connectivity index (χ0v) is 15.8. The van der Waals surface area contributed by atoms with Crippen molar-refractivity contribution in [3.05, 3.63) is 108 Å². The third-order valence-electron chi connectivity index (χ3n) is 4.96. The smallest absolute Gasteiger partial charge is 0.227 e. The molecule has 142 valence electrons. The van der Waals surface area contributed by atoms with Crippen molar-refractivity contribution in [2.45, 2.75) is 13.0 Å². The van der Waals surface area contributed by atoms with Gasteiger partial charge in [0.05, 0.1) is 6.42 Å². The largest absolute Gasteiger partial charge is 0.508 e. The van der Waals surface area contributed by atoms with Crippen molar-refractivity contribution < 1.29 is 19.3 Å². The number of carbonyl (C=O) groups excluding carboxylic acids is 2. The maximum Gasteiger partial charge on any atom is 0.227 e. The fourth-order valence-electron chi connectivity index (χ4n) is 3.42. The maximum absolute atomic E-state index is 12.9. The summed E-state index contributed by atoms with van der Waals surface area (Å²) in [7, 11) is 0. The standard InChI is InChI=1S/C25H19NO3/c27-22-14-11-20(12-15-22)24(28)16-21-13-10-18-6-4-5-9-23(18)26(21)17-25(29)19-7-2-1-3-8-19/h1-15H,16-17H2/p+1. The van der Waals surface area contributed by atoms with Crippen LogP contribution in [0.15, 0.2) is 91.0 Å². The lowest BCUT2D eigenvalue weighted by Crippen LogP contribution is -2.43. The van der Waals surface area contributed by atoms with E-state index in [0.717, 1.165) is 16.6 Å². The molecule has 4 aromatic rings. The lowest BCUT2D eigenvalue weighted by Gasteiger charge is -2.08. The summed E-state index contributed by atoms with van der Waals surface area (Å²) in [5, 5.41) is 10.5. The Morgan fingerprint density at radius 2 is 1.34 bits per heavy atom. The van der Waals surface area contributed by atoms with Crippen LogP contribution in [0.1, 0.15) is 26.4 Å². The molecule has 3 aromatic carbocycles. The van der Waals surface area contributed by atoms with Crippen molar-refractivity contribution in [1.29, 1.82) is 0 Å². The summed E-state index contributed by atoms with van der Waals surface area (Å²) in [6.45, 7) is 0.156. The molecule has 4 heteroatoms. The Balaban J connectivity index is 1.71. The summed E-state index contributed by atoms with van der Waals surface area (Å²) >= 11 is 0. The number of phenolic OH excluding ortho intramolecular Hbond substituents is 1. The number of para-hydroxylation sites is 1. The molecule has 0 atom stereocenters. The number of fused-ring (bicyclic) bond motifs is 1. The van der Waals surface area contributed by atoms with E-state index in [1.54, 1.807) is 24.3 Å². The Bertz CT molecular complexity index is 1180. The lowest BCUT2D eigenvalue weighted by atomic mass is 10.0. The number of nitrogens with zero attached hydrogens (tertiary/aromatic N) is 1. The molecule has 0 radical (unpaired) electrons. The fraction of sp³-hybridized carbons (Fsp3) is 0.0800. The van der Waals surface area contributed by atoms with Crippen LogP contribution in [-0.2, 0) is 13.0 Å². The first-order chi connectivity index (χ1) is 14.1. The zero-order chi connectivity index (χ0) is 20.2. The number of ketones is 2. The van der Waals surface area contributed by atoms with Crippen LogP contribution in [0.3, 0.4) is 0 Å². The van der Waals surface area contributed by atoms with Crippen LogP contribution in [-0.4, -0.2) is 16.7 Å². The number of Topliss-reactive ketones (excluding diaryl/α,β-unsaturated/α-hetero) is 2. The highest BCUT2D eigenvalue weighted by Crippen LogP contribution is 2.15. The molecule has 0 saturated heterocycles. The molecule has 29 heavy (non-hydrogen) atoms. The molecule has 0 spiro atoms. The van der Waals surface area contributed by atoms with E-state index in [0.29, 0.717) is 11.1 Å². The Kier molecular flexibility index (Phi) is 5.16. The van der Waals surface area contributed by atoms with E-state index in [2.05, 4.69) is 0 Å². The summed E-state index contributed by atoms with van der Waals surface area (Å²) < 4.78 is 1.92. The molecular weight excluding hydrogens is 362 g/mol. The number of benzene rings is 3. The van der Waals surface area contributed by atoms with Gasteiger partial charge in [0, 0.05) is 28.6 Å². The van der Waals surface area contributed by atoms with Crippen molar-refractivity contribution in [3.8, 4) is 5.75 Å². The van der Waals surface area contributed by atoms with Gasteiger partial charge in [0.15, 0.2) is 11.5 Å². The van der Waals surface area contributed by atoms with Gasteiger partial charge in [-0.05, 0) is 36.4 Å². The van der Waals surface area contributed by atoms with Crippen molar-refractivity contribution in [3.63, 3.8) is 0 Å². The van der Waals surface area contributed by atoms with E-state index in [1.807, 2.05) is 59.2 Å². The maximum atomic E-state index is 12.9. The van der Waals surface area contributed by atoms with E-state index in [4.69, 9.17) is 0 Å². The van der Waals surface area contributed by atoms with Crippen LogP contribution in [0.2, 0.25) is 0 Å². The number of hydrogen-bond donors (Lipinski definition) is 1. The van der Waals surface area contributed by atoms with E-state index in [-0.39, 0.29) is 30.3 Å². The Morgan fingerprint density at radius 1 is 0.690 bits per heavy atom. The summed E-state index contributed by atoms with van der Waals surface area (Å²) in [5.74, 6) is 0.0438. The van der Waals surface area contributed by atoms with E-state index >= 15 is 0 Å². The van der Waals surface area contributed by atoms with Gasteiger partial charge >= 0.3 is 0 Å². The summed E-state index contributed by atoms with van der Waals surface area (Å²) in [6, 6.07) is 27.1. The van der Waals surface area contributed by atoms with Crippen molar-refractivity contribution in [2.75, 3.05) is 0 Å². The first kappa shape index (κ1) is 18.6. The number of phenols is 1. The van der Waals surface area contributed by atoms with Crippen LogP contribution in [0, 0.1) is 0 Å². The third-order valence-corrected chi connectivity index (χ3v) is 4.96. The quantitative estimate of drug-likeness (QED) is 0.403. The number of pyridine rings is 1. The minimum absolute atomic E-state index is 0.00899. The van der Waals surface area contributed by atoms with Gasteiger partial charge in [0.25, 0.3) is 0 Å². The van der Waals surface area contributed by atoms with E-state index in [1.165, 1.54) is 12.1 Å². The minimum Gasteiger partial charge on any atom is -0.508 e. The topological polar surface area (TPSA) is 58.2 Å². The molecule has 1 aromatic heterocycles. The average Bonchev–Trinajstić information content (AvgIpc) is 2.76. The second-order valence-corrected chi connectivity index (χ2v) is 6.91. The van der Waals surface area contributed by atoms with E-state index < -0.39 is 0 Å². The number of carbonyl (C=O) groups is 2. The molecule has 1 heterocycles. The Hall–Kier alpha value is -3.79. The molecule has 0 aliphatic heterocycles. The molecule has 0 aliphatic carbocycles. The number of aromatic nitrogens is 1. The normalized spacial score (nSPS) is 10.8. The molecule has 0 amide bonds. The zero-order valence-electron chi connectivity index (χ0n) is 15.8. The summed E-state index contributed by atoms with van der Waals surface area (Å²) in [6.07, 6.45) is 0.164. The molecule has 4 rings (SSSR count). The second kappa shape index (κ2) is 8.07. The summed E-state index contributed by atoms with van der Waals surface area (Å²) in [4.78, 5) is 25.7. The molecule has 1 N–H and O–H groups in total. The van der Waals surface area contributed by atoms with Crippen molar-refractivity contribution in [1.82, 2.24) is 0 Å². The van der Waals surface area contributed by atoms with Gasteiger partial charge in [-0.15, -0.1) is 0 Å².